The first-order chi connectivity index (χ1) is 21.0. The number of hydrogen-bond donors (Lipinski definition) is 0. The standard InChI is InChI=1S/C31H32BrClN2O8S/c1-7-40-25(36)15-42-28-20(32)11-18(12-21(28)33)13-24-29(37)35-27(19-9-10-22(43-16(3)4)23(14-19)39-6)26(30(38)41-8-2)17(5)34-31(35)44-24/h9-14,16,27H,7-8,15H2,1-6H3/b24-13-/t27-/m1/s1. The van der Waals surface area contributed by atoms with Crippen LogP contribution in [0.5, 0.6) is 17.2 Å². The largest absolute Gasteiger partial charge is 0.493 e. The van der Waals surface area contributed by atoms with Crippen molar-refractivity contribution in [3.05, 3.63) is 81.9 Å². The summed E-state index contributed by atoms with van der Waals surface area (Å²) in [6, 6.07) is 7.82. The second-order valence-electron chi connectivity index (χ2n) is 9.79. The van der Waals surface area contributed by atoms with Crippen LogP contribution in [0.1, 0.15) is 51.8 Å². The number of allylic oxidation sites excluding steroid dienone is 1. The third-order valence-corrected chi connectivity index (χ3v) is 8.19. The lowest BCUT2D eigenvalue weighted by Crippen LogP contribution is -2.40. The molecule has 0 saturated heterocycles. The first-order valence-electron chi connectivity index (χ1n) is 13.8. The summed E-state index contributed by atoms with van der Waals surface area (Å²) in [7, 11) is 1.53. The molecule has 10 nitrogen and oxygen atoms in total. The van der Waals surface area contributed by atoms with Crippen LogP contribution in [0.15, 0.2) is 55.9 Å². The number of ether oxygens (including phenoxy) is 5. The highest BCUT2D eigenvalue weighted by Crippen LogP contribution is 2.37. The Morgan fingerprint density at radius 2 is 1.86 bits per heavy atom. The van der Waals surface area contributed by atoms with Crippen LogP contribution in [-0.2, 0) is 19.1 Å². The summed E-state index contributed by atoms with van der Waals surface area (Å²) >= 11 is 11.1. The third-order valence-electron chi connectivity index (χ3n) is 6.34. The maximum Gasteiger partial charge on any atom is 0.344 e. The second kappa shape index (κ2) is 14.4. The minimum Gasteiger partial charge on any atom is -0.493 e. The molecule has 0 unspecified atom stereocenters. The Bertz CT molecular complexity index is 1770. The van der Waals surface area contributed by atoms with Crippen LogP contribution in [0.25, 0.3) is 6.08 Å². The molecular weight excluding hydrogens is 676 g/mol. The second-order valence-corrected chi connectivity index (χ2v) is 12.1. The Labute approximate surface area is 271 Å². The van der Waals surface area contributed by atoms with Crippen LogP contribution in [-0.4, -0.2) is 49.5 Å². The van der Waals surface area contributed by atoms with Gasteiger partial charge in [0, 0.05) is 0 Å². The molecule has 13 heteroatoms. The van der Waals surface area contributed by atoms with Gasteiger partial charge in [0.2, 0.25) is 0 Å². The Morgan fingerprint density at radius 3 is 2.50 bits per heavy atom. The van der Waals surface area contributed by atoms with Crippen molar-refractivity contribution in [1.29, 1.82) is 0 Å². The normalized spacial score (nSPS) is 14.7. The molecular formula is C31H32BrClN2O8S. The molecule has 0 radical (unpaired) electrons. The third kappa shape index (κ3) is 7.19. The van der Waals surface area contributed by atoms with E-state index in [9.17, 15) is 14.4 Å². The summed E-state index contributed by atoms with van der Waals surface area (Å²) in [5.74, 6) is 0.179. The zero-order valence-electron chi connectivity index (χ0n) is 25.1. The van der Waals surface area contributed by atoms with E-state index in [1.807, 2.05) is 13.8 Å². The highest BCUT2D eigenvalue weighted by Gasteiger charge is 2.34. The fraction of sp³-hybridized carbons (Fsp3) is 0.355. The molecule has 44 heavy (non-hydrogen) atoms. The summed E-state index contributed by atoms with van der Waals surface area (Å²) in [6.45, 7) is 9.05. The molecule has 1 aliphatic heterocycles. The number of carbonyl (C=O) groups excluding carboxylic acids is 2. The maximum absolute atomic E-state index is 14.0. The monoisotopic (exact) mass is 706 g/mol. The minimum absolute atomic E-state index is 0.0867. The molecule has 0 aliphatic carbocycles. The van der Waals surface area contributed by atoms with Gasteiger partial charge in [0.1, 0.15) is 0 Å². The Morgan fingerprint density at radius 1 is 1.14 bits per heavy atom. The van der Waals surface area contributed by atoms with Gasteiger partial charge in [-0.2, -0.15) is 0 Å². The number of fused-ring (bicyclic) bond motifs is 1. The number of halogens is 2. The molecule has 0 bridgehead atoms. The molecule has 0 spiro atoms. The number of thiazole rings is 1. The van der Waals surface area contributed by atoms with E-state index in [-0.39, 0.29) is 47.8 Å². The quantitative estimate of drug-likeness (QED) is 0.257. The van der Waals surface area contributed by atoms with Crippen LogP contribution in [0.3, 0.4) is 0 Å². The molecule has 1 aliphatic rings. The fourth-order valence-corrected chi connectivity index (χ4v) is 6.63. The number of carbonyl (C=O) groups is 2. The SMILES string of the molecule is CCOC(=O)COc1c(Cl)cc(/C=c2\sc3n(c2=O)[C@H](c2ccc(OC(C)C)c(OC)c2)C(C(=O)OCC)=C(C)N=3)cc1Br. The zero-order chi connectivity index (χ0) is 32.1. The van der Waals surface area contributed by atoms with Crippen LogP contribution in [0.4, 0.5) is 0 Å². The van der Waals surface area contributed by atoms with Gasteiger partial charge in [-0.15, -0.1) is 0 Å². The highest BCUT2D eigenvalue weighted by atomic mass is 79.9. The summed E-state index contributed by atoms with van der Waals surface area (Å²) in [4.78, 5) is 44.0. The lowest BCUT2D eigenvalue weighted by molar-refractivity contribution is -0.145. The molecule has 4 rings (SSSR count). The summed E-state index contributed by atoms with van der Waals surface area (Å²) in [5.41, 5.74) is 1.56. The van der Waals surface area contributed by atoms with E-state index in [1.165, 1.54) is 23.0 Å². The minimum atomic E-state index is -0.830. The van der Waals surface area contributed by atoms with Gasteiger partial charge < -0.3 is 23.7 Å². The molecule has 0 fully saturated rings. The highest BCUT2D eigenvalue weighted by molar-refractivity contribution is 9.10. The number of nitrogens with zero attached hydrogens (tertiary/aromatic N) is 2. The van der Waals surface area contributed by atoms with E-state index in [1.54, 1.807) is 57.2 Å². The van der Waals surface area contributed by atoms with Gasteiger partial charge in [-0.05, 0) is 92.0 Å². The van der Waals surface area contributed by atoms with Crippen molar-refractivity contribution in [3.8, 4) is 17.2 Å². The summed E-state index contributed by atoms with van der Waals surface area (Å²) in [5, 5.41) is 0.233. The van der Waals surface area contributed by atoms with E-state index in [0.29, 0.717) is 42.1 Å². The van der Waals surface area contributed by atoms with Gasteiger partial charge in [-0.25, -0.2) is 14.6 Å². The Hall–Kier alpha value is -3.61. The maximum atomic E-state index is 14.0. The summed E-state index contributed by atoms with van der Waals surface area (Å²) in [6.07, 6.45) is 1.59. The van der Waals surface area contributed by atoms with E-state index in [2.05, 4.69) is 20.9 Å². The number of methoxy groups -OCH3 is 1. The Kier molecular flexibility index (Phi) is 10.9. The summed E-state index contributed by atoms with van der Waals surface area (Å²) < 4.78 is 29.6. The zero-order valence-corrected chi connectivity index (χ0v) is 28.2. The molecule has 234 valence electrons. The van der Waals surface area contributed by atoms with Crippen LogP contribution >= 0.6 is 38.9 Å². The van der Waals surface area contributed by atoms with E-state index < -0.39 is 18.0 Å². The van der Waals surface area contributed by atoms with Crippen molar-refractivity contribution >= 4 is 56.9 Å². The number of esters is 2. The van der Waals surface area contributed by atoms with Gasteiger partial charge >= 0.3 is 11.9 Å². The first-order valence-corrected chi connectivity index (χ1v) is 15.8. The van der Waals surface area contributed by atoms with Crippen LogP contribution in [0, 0.1) is 0 Å². The van der Waals surface area contributed by atoms with Crippen molar-refractivity contribution in [1.82, 2.24) is 4.57 Å². The predicted molar refractivity (Wildman–Crippen MR) is 170 cm³/mol. The van der Waals surface area contributed by atoms with Crippen LogP contribution in [0.2, 0.25) is 5.02 Å². The lowest BCUT2D eigenvalue weighted by atomic mass is 9.95. The number of aromatic nitrogens is 1. The molecule has 2 heterocycles. The van der Waals surface area contributed by atoms with Gasteiger partial charge in [0.25, 0.3) is 5.56 Å². The van der Waals surface area contributed by atoms with Crippen molar-refractivity contribution in [2.75, 3.05) is 26.9 Å². The Balaban J connectivity index is 1.83. The topological polar surface area (TPSA) is 115 Å². The molecule has 0 amide bonds. The van der Waals surface area contributed by atoms with Gasteiger partial charge in [0.15, 0.2) is 28.7 Å². The number of rotatable bonds is 11. The number of hydrogen-bond acceptors (Lipinski definition) is 10. The molecule has 0 N–H and O–H groups in total. The fourth-order valence-electron chi connectivity index (χ4n) is 4.60. The van der Waals surface area contributed by atoms with Crippen molar-refractivity contribution < 1.29 is 33.3 Å². The average molecular weight is 708 g/mol. The lowest BCUT2D eigenvalue weighted by Gasteiger charge is -2.25. The molecule has 3 aromatic rings. The van der Waals surface area contributed by atoms with E-state index in [4.69, 9.17) is 35.3 Å². The average Bonchev–Trinajstić information content (AvgIpc) is 3.25. The predicted octanol–water partition coefficient (Wildman–Crippen LogP) is 4.95. The molecule has 0 saturated carbocycles. The van der Waals surface area contributed by atoms with Crippen LogP contribution < -0.4 is 29.1 Å². The smallest absolute Gasteiger partial charge is 0.344 e. The van der Waals surface area contributed by atoms with Crippen molar-refractivity contribution in [3.63, 3.8) is 0 Å². The van der Waals surface area contributed by atoms with Gasteiger partial charge in [0.05, 0.1) is 57.8 Å². The van der Waals surface area contributed by atoms with E-state index >= 15 is 0 Å². The van der Waals surface area contributed by atoms with Gasteiger partial charge in [-0.1, -0.05) is 29.0 Å². The van der Waals surface area contributed by atoms with Crippen molar-refractivity contribution in [2.24, 2.45) is 4.99 Å². The first kappa shape index (κ1) is 33.3. The number of benzene rings is 2. The van der Waals surface area contributed by atoms with Crippen molar-refractivity contribution in [2.45, 2.75) is 46.8 Å². The van der Waals surface area contributed by atoms with E-state index in [0.717, 1.165) is 0 Å². The molecule has 2 aromatic carbocycles. The molecule has 1 atom stereocenters. The van der Waals surface area contributed by atoms with Gasteiger partial charge in [-0.3, -0.25) is 9.36 Å². The molecule has 1 aromatic heterocycles.